The number of nitro benzene ring substituents is 1. The minimum atomic E-state index is -4.40. The Kier molecular flexibility index (Phi) is 4.77. The highest BCUT2D eigenvalue weighted by atomic mass is 19.4. The largest absolute Gasteiger partial charge is 0.416 e. The van der Waals surface area contributed by atoms with E-state index in [-0.39, 0.29) is 17.8 Å². The van der Waals surface area contributed by atoms with Gasteiger partial charge in [0.2, 0.25) is 0 Å². The molecule has 2 aromatic rings. The van der Waals surface area contributed by atoms with Gasteiger partial charge in [0, 0.05) is 31.4 Å². The number of anilines is 1. The molecule has 2 amide bonds. The van der Waals surface area contributed by atoms with E-state index in [2.05, 4.69) is 0 Å². The molecule has 1 fully saturated rings. The lowest BCUT2D eigenvalue weighted by Crippen LogP contribution is -2.35. The van der Waals surface area contributed by atoms with Crippen LogP contribution in [0.25, 0.3) is 0 Å². The van der Waals surface area contributed by atoms with Gasteiger partial charge in [-0.05, 0) is 36.2 Å². The number of urea groups is 1. The minimum Gasteiger partial charge on any atom is -0.325 e. The first kappa shape index (κ1) is 18.7. The monoisotopic (exact) mass is 379 g/mol. The molecule has 0 saturated carbocycles. The van der Waals surface area contributed by atoms with Crippen molar-refractivity contribution < 1.29 is 22.9 Å². The Balaban J connectivity index is 1.83. The quantitative estimate of drug-likeness (QED) is 0.593. The fourth-order valence-electron chi connectivity index (χ4n) is 3.13. The zero-order valence-corrected chi connectivity index (χ0v) is 14.3. The van der Waals surface area contributed by atoms with Crippen molar-refractivity contribution in [3.8, 4) is 0 Å². The Labute approximate surface area is 153 Å². The second kappa shape index (κ2) is 6.90. The highest BCUT2D eigenvalue weighted by Crippen LogP contribution is 2.31. The molecule has 1 saturated heterocycles. The van der Waals surface area contributed by atoms with Crippen molar-refractivity contribution in [3.05, 3.63) is 69.8 Å². The maximum absolute atomic E-state index is 12.7. The molecule has 0 spiro atoms. The summed E-state index contributed by atoms with van der Waals surface area (Å²) in [4.78, 5) is 25.8. The second-order valence-corrected chi connectivity index (χ2v) is 6.36. The zero-order chi connectivity index (χ0) is 19.8. The molecule has 1 heterocycles. The molecule has 0 bridgehead atoms. The molecule has 1 atom stereocenters. The summed E-state index contributed by atoms with van der Waals surface area (Å²) in [7, 11) is 1.63. The number of alkyl halides is 3. The topological polar surface area (TPSA) is 66.7 Å². The van der Waals surface area contributed by atoms with E-state index in [1.807, 2.05) is 0 Å². The van der Waals surface area contributed by atoms with Gasteiger partial charge in [0.25, 0.3) is 5.69 Å². The first-order chi connectivity index (χ1) is 12.7. The maximum Gasteiger partial charge on any atom is 0.416 e. The summed E-state index contributed by atoms with van der Waals surface area (Å²) in [6.07, 6.45) is -4.03. The van der Waals surface area contributed by atoms with E-state index in [1.54, 1.807) is 7.05 Å². The summed E-state index contributed by atoms with van der Waals surface area (Å²) in [5, 5.41) is 10.8. The lowest BCUT2D eigenvalue weighted by molar-refractivity contribution is -0.384. The van der Waals surface area contributed by atoms with Gasteiger partial charge in [-0.25, -0.2) is 4.79 Å². The van der Waals surface area contributed by atoms with Crippen LogP contribution in [0.4, 0.5) is 29.3 Å². The number of nitrogens with zero attached hydrogens (tertiary/aromatic N) is 3. The van der Waals surface area contributed by atoms with Crippen molar-refractivity contribution in [2.45, 2.75) is 18.6 Å². The number of hydrogen-bond acceptors (Lipinski definition) is 3. The standard InChI is InChI=1S/C18H16F3N3O3/c1-22-11-16(10-12-2-4-13(5-3-12)18(19,20)21)23(17(22)25)14-6-8-15(9-7-14)24(26)27/h2-9,16H,10-11H2,1H3/t16-/m0/s1. The lowest BCUT2D eigenvalue weighted by Gasteiger charge is -2.23. The minimum absolute atomic E-state index is 0.0851. The van der Waals surface area contributed by atoms with Gasteiger partial charge in [0.1, 0.15) is 0 Å². The molecule has 6 nitrogen and oxygen atoms in total. The number of benzene rings is 2. The predicted molar refractivity (Wildman–Crippen MR) is 92.5 cm³/mol. The van der Waals surface area contributed by atoms with Crippen molar-refractivity contribution >= 4 is 17.4 Å². The summed E-state index contributed by atoms with van der Waals surface area (Å²) >= 11 is 0. The smallest absolute Gasteiger partial charge is 0.325 e. The van der Waals surface area contributed by atoms with Gasteiger partial charge in [0.05, 0.1) is 16.5 Å². The van der Waals surface area contributed by atoms with Crippen molar-refractivity contribution in [2.75, 3.05) is 18.5 Å². The van der Waals surface area contributed by atoms with E-state index >= 15 is 0 Å². The average Bonchev–Trinajstić information content (AvgIpc) is 2.88. The van der Waals surface area contributed by atoms with Crippen LogP contribution in [0.5, 0.6) is 0 Å². The second-order valence-electron chi connectivity index (χ2n) is 6.36. The SMILES string of the molecule is CN1C[C@H](Cc2ccc(C(F)(F)F)cc2)N(c2ccc([N+](=O)[O-])cc2)C1=O. The van der Waals surface area contributed by atoms with Crippen molar-refractivity contribution in [3.63, 3.8) is 0 Å². The van der Waals surface area contributed by atoms with Crippen molar-refractivity contribution in [1.29, 1.82) is 0 Å². The van der Waals surface area contributed by atoms with Crippen LogP contribution in [0, 0.1) is 10.1 Å². The number of carbonyl (C=O) groups is 1. The Morgan fingerprint density at radius 3 is 2.22 bits per heavy atom. The lowest BCUT2D eigenvalue weighted by atomic mass is 10.0. The molecular weight excluding hydrogens is 363 g/mol. The molecule has 0 aliphatic carbocycles. The summed E-state index contributed by atoms with van der Waals surface area (Å²) in [5.74, 6) is 0. The van der Waals surface area contributed by atoms with Gasteiger partial charge in [0.15, 0.2) is 0 Å². The van der Waals surface area contributed by atoms with Crippen LogP contribution in [-0.4, -0.2) is 35.5 Å². The van der Waals surface area contributed by atoms with E-state index in [0.29, 0.717) is 24.2 Å². The van der Waals surface area contributed by atoms with Gasteiger partial charge in [-0.15, -0.1) is 0 Å². The molecule has 3 rings (SSSR count). The molecule has 0 unspecified atom stereocenters. The molecular formula is C18H16F3N3O3. The van der Waals surface area contributed by atoms with E-state index in [9.17, 15) is 28.1 Å². The number of likely N-dealkylation sites (N-methyl/N-ethyl adjacent to an activating group) is 1. The average molecular weight is 379 g/mol. The molecule has 1 aliphatic rings. The molecule has 142 valence electrons. The normalized spacial score (nSPS) is 17.5. The van der Waals surface area contributed by atoms with Gasteiger partial charge in [-0.3, -0.25) is 15.0 Å². The zero-order valence-electron chi connectivity index (χ0n) is 14.3. The summed E-state index contributed by atoms with van der Waals surface area (Å²) in [6.45, 7) is 0.400. The predicted octanol–water partition coefficient (Wildman–Crippen LogP) is 4.10. The third-order valence-electron chi connectivity index (χ3n) is 4.47. The first-order valence-corrected chi connectivity index (χ1v) is 8.12. The Bertz CT molecular complexity index is 851. The number of halogens is 3. The fraction of sp³-hybridized carbons (Fsp3) is 0.278. The van der Waals surface area contributed by atoms with Crippen LogP contribution in [0.3, 0.4) is 0 Å². The van der Waals surface area contributed by atoms with Crippen LogP contribution < -0.4 is 4.90 Å². The van der Waals surface area contributed by atoms with Crippen LogP contribution in [0.1, 0.15) is 11.1 Å². The number of amides is 2. The van der Waals surface area contributed by atoms with Gasteiger partial charge in [-0.1, -0.05) is 12.1 Å². The number of rotatable bonds is 4. The van der Waals surface area contributed by atoms with Gasteiger partial charge < -0.3 is 4.90 Å². The molecule has 0 N–H and O–H groups in total. The third-order valence-corrected chi connectivity index (χ3v) is 4.47. The van der Waals surface area contributed by atoms with Crippen LogP contribution in [0.15, 0.2) is 48.5 Å². The highest BCUT2D eigenvalue weighted by molar-refractivity contribution is 5.95. The molecule has 27 heavy (non-hydrogen) atoms. The Morgan fingerprint density at radius 1 is 1.11 bits per heavy atom. The number of carbonyl (C=O) groups excluding carboxylic acids is 1. The van der Waals surface area contributed by atoms with E-state index in [0.717, 1.165) is 12.1 Å². The summed E-state index contributed by atoms with van der Waals surface area (Å²) in [5.41, 5.74) is 0.367. The number of nitro groups is 1. The highest BCUT2D eigenvalue weighted by Gasteiger charge is 2.36. The fourth-order valence-corrected chi connectivity index (χ4v) is 3.13. The molecule has 0 radical (unpaired) electrons. The molecule has 1 aliphatic heterocycles. The molecule has 0 aromatic heterocycles. The van der Waals surface area contributed by atoms with Crippen molar-refractivity contribution in [1.82, 2.24) is 4.90 Å². The van der Waals surface area contributed by atoms with E-state index in [1.165, 1.54) is 46.2 Å². The van der Waals surface area contributed by atoms with Crippen molar-refractivity contribution in [2.24, 2.45) is 0 Å². The summed E-state index contributed by atoms with van der Waals surface area (Å²) in [6, 6.07) is 9.91. The maximum atomic E-state index is 12.7. The van der Waals surface area contributed by atoms with Crippen LogP contribution >= 0.6 is 0 Å². The van der Waals surface area contributed by atoms with Crippen LogP contribution in [0.2, 0.25) is 0 Å². The Hall–Kier alpha value is -3.10. The summed E-state index contributed by atoms with van der Waals surface area (Å²) < 4.78 is 38.1. The molecule has 2 aromatic carbocycles. The molecule has 9 heteroatoms. The van der Waals surface area contributed by atoms with E-state index < -0.39 is 16.7 Å². The first-order valence-electron chi connectivity index (χ1n) is 8.12. The number of non-ortho nitro benzene ring substituents is 1. The Morgan fingerprint density at radius 2 is 1.70 bits per heavy atom. The number of hydrogen-bond donors (Lipinski definition) is 0. The van der Waals surface area contributed by atoms with Gasteiger partial charge in [-0.2, -0.15) is 13.2 Å². The van der Waals surface area contributed by atoms with Gasteiger partial charge >= 0.3 is 12.2 Å². The van der Waals surface area contributed by atoms with Crippen LogP contribution in [-0.2, 0) is 12.6 Å². The third kappa shape index (κ3) is 3.86. The van der Waals surface area contributed by atoms with E-state index in [4.69, 9.17) is 0 Å².